The summed E-state index contributed by atoms with van der Waals surface area (Å²) in [6.45, 7) is 1.84. The highest BCUT2D eigenvalue weighted by Crippen LogP contribution is 2.22. The number of nitriles is 1. The summed E-state index contributed by atoms with van der Waals surface area (Å²) in [7, 11) is 0. The number of nitrogens with zero attached hydrogens (tertiary/aromatic N) is 4. The van der Waals surface area contributed by atoms with Crippen molar-refractivity contribution in [3.05, 3.63) is 36.5 Å². The molecule has 3 heterocycles. The van der Waals surface area contributed by atoms with Gasteiger partial charge in [0, 0.05) is 42.8 Å². The molecule has 3 atom stereocenters. The Bertz CT molecular complexity index is 882. The van der Waals surface area contributed by atoms with Crippen LogP contribution in [0.15, 0.2) is 36.5 Å². The van der Waals surface area contributed by atoms with Crippen molar-refractivity contribution in [1.29, 1.82) is 5.26 Å². The molecule has 2 fully saturated rings. The minimum atomic E-state index is -1.09. The average Bonchev–Trinajstić information content (AvgIpc) is 3.27. The van der Waals surface area contributed by atoms with Crippen LogP contribution in [0.1, 0.15) is 12.8 Å². The van der Waals surface area contributed by atoms with Crippen molar-refractivity contribution in [1.82, 2.24) is 14.8 Å². The number of halogens is 1. The van der Waals surface area contributed by atoms with Gasteiger partial charge in [0.1, 0.15) is 12.2 Å². The van der Waals surface area contributed by atoms with Gasteiger partial charge < -0.3 is 10.2 Å². The van der Waals surface area contributed by atoms with E-state index in [2.05, 4.69) is 21.3 Å². The fourth-order valence-corrected chi connectivity index (χ4v) is 3.96. The molecule has 2 saturated heterocycles. The minimum Gasteiger partial charge on any atom is -0.381 e. The zero-order valence-corrected chi connectivity index (χ0v) is 15.0. The summed E-state index contributed by atoms with van der Waals surface area (Å²) in [4.78, 5) is 20.3. The van der Waals surface area contributed by atoms with Crippen LogP contribution in [0.5, 0.6) is 0 Å². The zero-order chi connectivity index (χ0) is 18.8. The maximum absolute atomic E-state index is 13.5. The van der Waals surface area contributed by atoms with Crippen LogP contribution in [0.4, 0.5) is 10.1 Å². The van der Waals surface area contributed by atoms with E-state index >= 15 is 0 Å². The summed E-state index contributed by atoms with van der Waals surface area (Å²) < 4.78 is 13.5. The van der Waals surface area contributed by atoms with E-state index in [0.29, 0.717) is 0 Å². The van der Waals surface area contributed by atoms with Crippen molar-refractivity contribution >= 4 is 22.5 Å². The summed E-state index contributed by atoms with van der Waals surface area (Å²) in [5.41, 5.74) is 2.00. The summed E-state index contributed by atoms with van der Waals surface area (Å²) in [6.07, 6.45) is 1.76. The van der Waals surface area contributed by atoms with Crippen molar-refractivity contribution in [2.24, 2.45) is 0 Å². The molecule has 0 saturated carbocycles. The second-order valence-corrected chi connectivity index (χ2v) is 7.30. The third-order valence-corrected chi connectivity index (χ3v) is 5.32. The Balaban J connectivity index is 1.33. The predicted octanol–water partition coefficient (Wildman–Crippen LogP) is 2.18. The molecular weight excluding hydrogens is 345 g/mol. The summed E-state index contributed by atoms with van der Waals surface area (Å²) in [6, 6.07) is 11.7. The normalized spacial score (nSPS) is 25.6. The lowest BCUT2D eigenvalue weighted by Gasteiger charge is -2.23. The maximum Gasteiger partial charge on any atom is 0.237 e. The molecule has 1 amide bonds. The lowest BCUT2D eigenvalue weighted by Crippen LogP contribution is -2.42. The number of anilines is 1. The largest absolute Gasteiger partial charge is 0.381 e. The van der Waals surface area contributed by atoms with Crippen molar-refractivity contribution in [3.8, 4) is 6.07 Å². The molecule has 0 aliphatic carbocycles. The predicted molar refractivity (Wildman–Crippen MR) is 101 cm³/mol. The molecule has 1 N–H and O–H groups in total. The number of likely N-dealkylation sites (tertiary alicyclic amines) is 2. The van der Waals surface area contributed by atoms with Gasteiger partial charge in [-0.2, -0.15) is 5.26 Å². The van der Waals surface area contributed by atoms with Gasteiger partial charge in [0.25, 0.3) is 0 Å². The molecular formula is C20H22FN5O. The van der Waals surface area contributed by atoms with E-state index in [1.807, 2.05) is 30.3 Å². The summed E-state index contributed by atoms with van der Waals surface area (Å²) >= 11 is 0. The number of alkyl halides is 1. The van der Waals surface area contributed by atoms with Crippen molar-refractivity contribution in [3.63, 3.8) is 0 Å². The molecule has 2 aliphatic rings. The molecule has 4 rings (SSSR count). The average molecular weight is 367 g/mol. The van der Waals surface area contributed by atoms with E-state index in [1.165, 1.54) is 4.90 Å². The number of aromatic nitrogens is 1. The first-order valence-corrected chi connectivity index (χ1v) is 9.29. The van der Waals surface area contributed by atoms with Gasteiger partial charge in [-0.25, -0.2) is 4.39 Å². The molecule has 6 nitrogen and oxygen atoms in total. The second kappa shape index (κ2) is 7.49. The van der Waals surface area contributed by atoms with Gasteiger partial charge in [-0.3, -0.25) is 14.7 Å². The van der Waals surface area contributed by atoms with E-state index in [-0.39, 0.29) is 31.5 Å². The number of benzene rings is 1. The number of pyridine rings is 1. The molecule has 2 aromatic rings. The standard InChI is InChI=1S/C20H22FN5O/c21-15-9-18(10-22)26(11-15)20(27)13-25-7-5-17(12-25)24-16-3-4-19-14(8-16)2-1-6-23-19/h1-4,6,8,15,17-18,24H,5,7,9,11-13H2/t15-,17+,18-/m0/s1. The highest BCUT2D eigenvalue weighted by atomic mass is 19.1. The van der Waals surface area contributed by atoms with Crippen molar-refractivity contribution in [2.75, 3.05) is 31.5 Å². The third kappa shape index (κ3) is 3.86. The Kier molecular flexibility index (Phi) is 4.90. The monoisotopic (exact) mass is 367 g/mol. The molecule has 0 unspecified atom stereocenters. The Hall–Kier alpha value is -2.72. The van der Waals surface area contributed by atoms with E-state index in [1.54, 1.807) is 6.20 Å². The molecule has 2 aliphatic heterocycles. The topological polar surface area (TPSA) is 72.3 Å². The number of carbonyl (C=O) groups is 1. The molecule has 0 bridgehead atoms. The first kappa shape index (κ1) is 17.7. The van der Waals surface area contributed by atoms with E-state index in [9.17, 15) is 9.18 Å². The number of hydrogen-bond acceptors (Lipinski definition) is 5. The highest BCUT2D eigenvalue weighted by molar-refractivity contribution is 5.82. The van der Waals surface area contributed by atoms with Gasteiger partial charge in [-0.15, -0.1) is 0 Å². The lowest BCUT2D eigenvalue weighted by molar-refractivity contribution is -0.132. The van der Waals surface area contributed by atoms with Crippen LogP contribution in [0, 0.1) is 11.3 Å². The number of rotatable bonds is 4. The van der Waals surface area contributed by atoms with Crippen LogP contribution < -0.4 is 5.32 Å². The third-order valence-electron chi connectivity index (χ3n) is 5.32. The van der Waals surface area contributed by atoms with Gasteiger partial charge in [-0.1, -0.05) is 6.07 Å². The van der Waals surface area contributed by atoms with Crippen molar-refractivity contribution in [2.45, 2.75) is 31.1 Å². The van der Waals surface area contributed by atoms with Gasteiger partial charge in [0.05, 0.1) is 24.7 Å². The fraction of sp³-hybridized carbons (Fsp3) is 0.450. The Morgan fingerprint density at radius 3 is 3.11 bits per heavy atom. The van der Waals surface area contributed by atoms with Crippen LogP contribution >= 0.6 is 0 Å². The summed E-state index contributed by atoms with van der Waals surface area (Å²) in [5, 5.41) is 13.7. The zero-order valence-electron chi connectivity index (χ0n) is 15.0. The van der Waals surface area contributed by atoms with Crippen molar-refractivity contribution < 1.29 is 9.18 Å². The molecule has 140 valence electrons. The van der Waals surface area contributed by atoms with E-state index in [4.69, 9.17) is 5.26 Å². The van der Waals surface area contributed by atoms with Crippen LogP contribution in [0.3, 0.4) is 0 Å². The van der Waals surface area contributed by atoms with Crippen LogP contribution in [0.2, 0.25) is 0 Å². The maximum atomic E-state index is 13.5. The SMILES string of the molecule is N#C[C@@H]1C[C@H](F)CN1C(=O)CN1CC[C@@H](Nc2ccc3ncccc3c2)C1. The number of hydrogen-bond donors (Lipinski definition) is 1. The lowest BCUT2D eigenvalue weighted by atomic mass is 10.2. The van der Waals surface area contributed by atoms with Gasteiger partial charge >= 0.3 is 0 Å². The first-order chi connectivity index (χ1) is 13.1. The minimum absolute atomic E-state index is 0.0394. The number of nitrogens with one attached hydrogen (secondary N) is 1. The number of carbonyl (C=O) groups excluding carboxylic acids is 1. The van der Waals surface area contributed by atoms with Crippen LogP contribution in [-0.2, 0) is 4.79 Å². The van der Waals surface area contributed by atoms with E-state index < -0.39 is 12.2 Å². The Labute approximate surface area is 157 Å². The highest BCUT2D eigenvalue weighted by Gasteiger charge is 2.36. The van der Waals surface area contributed by atoms with Gasteiger partial charge in [-0.05, 0) is 30.7 Å². The molecule has 0 spiro atoms. The van der Waals surface area contributed by atoms with E-state index in [0.717, 1.165) is 36.1 Å². The van der Waals surface area contributed by atoms with Crippen LogP contribution in [-0.4, -0.2) is 65.1 Å². The van der Waals surface area contributed by atoms with Gasteiger partial charge in [0.2, 0.25) is 5.91 Å². The quantitative estimate of drug-likeness (QED) is 0.897. The number of amides is 1. The molecule has 1 aromatic carbocycles. The fourth-order valence-electron chi connectivity index (χ4n) is 3.96. The molecule has 0 radical (unpaired) electrons. The van der Waals surface area contributed by atoms with Gasteiger partial charge in [0.15, 0.2) is 0 Å². The Morgan fingerprint density at radius 2 is 2.26 bits per heavy atom. The molecule has 7 heteroatoms. The summed E-state index contributed by atoms with van der Waals surface area (Å²) in [5.74, 6) is -0.154. The molecule has 1 aromatic heterocycles. The smallest absolute Gasteiger partial charge is 0.237 e. The van der Waals surface area contributed by atoms with Crippen LogP contribution in [0.25, 0.3) is 10.9 Å². The first-order valence-electron chi connectivity index (χ1n) is 9.29. The second-order valence-electron chi connectivity index (χ2n) is 7.30. The Morgan fingerprint density at radius 1 is 1.37 bits per heavy atom. The number of fused-ring (bicyclic) bond motifs is 1. The molecule has 27 heavy (non-hydrogen) atoms.